The summed E-state index contributed by atoms with van der Waals surface area (Å²) in [5, 5.41) is 10.9. The van der Waals surface area contributed by atoms with Gasteiger partial charge in [-0.3, -0.25) is 4.40 Å². The standard InChI is InChI=1S/C22H16Cl2F2N2O/c1-22(2,29)17-5-6-28-19(11-27-21(28)20(17)26)12-3-4-18(25)16(9-12)13-7-14(23)10-15(24)8-13/h3-11,29H,1-2H3. The molecule has 4 aromatic rings. The Hall–Kier alpha value is -2.47. The second-order valence-corrected chi connectivity index (χ2v) is 8.17. The van der Waals surface area contributed by atoms with E-state index in [1.54, 1.807) is 40.9 Å². The predicted octanol–water partition coefficient (Wildman–Crippen LogP) is 6.48. The number of pyridine rings is 1. The minimum atomic E-state index is -1.34. The molecule has 0 fully saturated rings. The average Bonchev–Trinajstić information content (AvgIpc) is 3.05. The van der Waals surface area contributed by atoms with Crippen molar-refractivity contribution in [1.82, 2.24) is 9.38 Å². The molecule has 7 heteroatoms. The van der Waals surface area contributed by atoms with Gasteiger partial charge in [-0.05, 0) is 61.9 Å². The van der Waals surface area contributed by atoms with Crippen LogP contribution in [0.2, 0.25) is 10.0 Å². The molecule has 0 radical (unpaired) electrons. The van der Waals surface area contributed by atoms with E-state index in [1.165, 1.54) is 32.2 Å². The summed E-state index contributed by atoms with van der Waals surface area (Å²) in [4.78, 5) is 4.16. The van der Waals surface area contributed by atoms with E-state index < -0.39 is 17.2 Å². The number of imidazole rings is 1. The van der Waals surface area contributed by atoms with E-state index in [0.29, 0.717) is 32.4 Å². The van der Waals surface area contributed by atoms with Crippen LogP contribution >= 0.6 is 23.2 Å². The van der Waals surface area contributed by atoms with Crippen LogP contribution in [0.15, 0.2) is 54.9 Å². The molecular weight excluding hydrogens is 417 g/mol. The minimum absolute atomic E-state index is 0.0799. The van der Waals surface area contributed by atoms with Crippen LogP contribution in [0.3, 0.4) is 0 Å². The lowest BCUT2D eigenvalue weighted by Gasteiger charge is -2.18. The van der Waals surface area contributed by atoms with Crippen LogP contribution in [0.4, 0.5) is 8.78 Å². The topological polar surface area (TPSA) is 37.5 Å². The lowest BCUT2D eigenvalue weighted by molar-refractivity contribution is 0.0746. The molecule has 0 saturated heterocycles. The van der Waals surface area contributed by atoms with Crippen LogP contribution in [-0.2, 0) is 5.60 Å². The molecule has 1 N–H and O–H groups in total. The van der Waals surface area contributed by atoms with E-state index in [2.05, 4.69) is 4.98 Å². The molecular formula is C22H16Cl2F2N2O. The quantitative estimate of drug-likeness (QED) is 0.402. The predicted molar refractivity (Wildman–Crippen MR) is 111 cm³/mol. The molecule has 0 unspecified atom stereocenters. The molecule has 0 bridgehead atoms. The Balaban J connectivity index is 1.88. The zero-order valence-electron chi connectivity index (χ0n) is 15.5. The lowest BCUT2D eigenvalue weighted by Crippen LogP contribution is -2.18. The summed E-state index contributed by atoms with van der Waals surface area (Å²) in [6.45, 7) is 3.02. The molecule has 0 aliphatic carbocycles. The fourth-order valence-corrected chi connectivity index (χ4v) is 3.84. The number of fused-ring (bicyclic) bond motifs is 1. The van der Waals surface area contributed by atoms with E-state index in [-0.39, 0.29) is 11.2 Å². The number of nitrogens with zero attached hydrogens (tertiary/aromatic N) is 2. The Labute approximate surface area is 176 Å². The third-order valence-electron chi connectivity index (χ3n) is 4.71. The molecule has 0 aliphatic rings. The van der Waals surface area contributed by atoms with Gasteiger partial charge in [0.1, 0.15) is 5.82 Å². The van der Waals surface area contributed by atoms with Crippen LogP contribution in [0, 0.1) is 11.6 Å². The van der Waals surface area contributed by atoms with Crippen molar-refractivity contribution in [2.24, 2.45) is 0 Å². The normalized spacial score (nSPS) is 12.0. The average molecular weight is 433 g/mol. The third-order valence-corrected chi connectivity index (χ3v) is 5.15. The number of hydrogen-bond donors (Lipinski definition) is 1. The number of aliphatic hydroxyl groups is 1. The molecule has 2 aromatic carbocycles. The first-order chi connectivity index (χ1) is 13.6. The van der Waals surface area contributed by atoms with Gasteiger partial charge in [-0.15, -0.1) is 0 Å². The number of rotatable bonds is 3. The van der Waals surface area contributed by atoms with Crippen LogP contribution in [-0.4, -0.2) is 14.5 Å². The van der Waals surface area contributed by atoms with E-state index in [0.717, 1.165) is 0 Å². The van der Waals surface area contributed by atoms with Gasteiger partial charge in [0, 0.05) is 32.9 Å². The van der Waals surface area contributed by atoms with Gasteiger partial charge in [-0.25, -0.2) is 13.8 Å². The maximum absolute atomic E-state index is 14.9. The number of benzene rings is 2. The molecule has 3 nitrogen and oxygen atoms in total. The minimum Gasteiger partial charge on any atom is -0.386 e. The molecule has 4 rings (SSSR count). The highest BCUT2D eigenvalue weighted by atomic mass is 35.5. The molecule has 0 aliphatic heterocycles. The number of hydrogen-bond acceptors (Lipinski definition) is 2. The van der Waals surface area contributed by atoms with Crippen molar-refractivity contribution in [2.75, 3.05) is 0 Å². The van der Waals surface area contributed by atoms with Gasteiger partial charge in [0.05, 0.1) is 17.5 Å². The first-order valence-corrected chi connectivity index (χ1v) is 9.55. The van der Waals surface area contributed by atoms with Crippen LogP contribution in [0.5, 0.6) is 0 Å². The van der Waals surface area contributed by atoms with Crippen molar-refractivity contribution in [3.05, 3.63) is 82.1 Å². The first kappa shape index (κ1) is 19.8. The van der Waals surface area contributed by atoms with Gasteiger partial charge < -0.3 is 5.11 Å². The summed E-state index contributed by atoms with van der Waals surface area (Å²) in [6, 6.07) is 10.9. The second-order valence-electron chi connectivity index (χ2n) is 7.29. The maximum Gasteiger partial charge on any atom is 0.174 e. The number of halogens is 4. The summed E-state index contributed by atoms with van der Waals surface area (Å²) >= 11 is 12.1. The second kappa shape index (κ2) is 7.10. The summed E-state index contributed by atoms with van der Waals surface area (Å²) in [6.07, 6.45) is 3.14. The molecule has 0 atom stereocenters. The summed E-state index contributed by atoms with van der Waals surface area (Å²) < 4.78 is 30.9. The van der Waals surface area contributed by atoms with Crippen LogP contribution in [0.25, 0.3) is 28.0 Å². The van der Waals surface area contributed by atoms with Crippen molar-refractivity contribution in [1.29, 1.82) is 0 Å². The van der Waals surface area contributed by atoms with Gasteiger partial charge in [0.25, 0.3) is 0 Å². The smallest absolute Gasteiger partial charge is 0.174 e. The molecule has 0 saturated carbocycles. The van der Waals surface area contributed by atoms with E-state index in [9.17, 15) is 13.9 Å². The van der Waals surface area contributed by atoms with Gasteiger partial charge in [0.2, 0.25) is 0 Å². The van der Waals surface area contributed by atoms with Crippen LogP contribution in [0.1, 0.15) is 19.4 Å². The fourth-order valence-electron chi connectivity index (χ4n) is 3.32. The monoisotopic (exact) mass is 432 g/mol. The molecule has 0 spiro atoms. The Morgan fingerprint density at radius 1 is 0.966 bits per heavy atom. The number of aromatic nitrogens is 2. The third kappa shape index (κ3) is 3.62. The maximum atomic E-state index is 14.9. The summed E-state index contributed by atoms with van der Waals surface area (Å²) in [5.41, 5.74) is 0.955. The zero-order chi connectivity index (χ0) is 20.9. The Bertz CT molecular complexity index is 1230. The van der Waals surface area contributed by atoms with Crippen LogP contribution < -0.4 is 0 Å². The molecule has 148 valence electrons. The van der Waals surface area contributed by atoms with Crippen molar-refractivity contribution in [2.45, 2.75) is 19.4 Å². The Kier molecular flexibility index (Phi) is 4.85. The fraction of sp³-hybridized carbons (Fsp3) is 0.136. The Morgan fingerprint density at radius 2 is 1.66 bits per heavy atom. The van der Waals surface area contributed by atoms with Gasteiger partial charge in [-0.1, -0.05) is 23.2 Å². The van der Waals surface area contributed by atoms with Gasteiger partial charge in [0.15, 0.2) is 11.5 Å². The Morgan fingerprint density at radius 3 is 2.31 bits per heavy atom. The molecule has 2 aromatic heterocycles. The van der Waals surface area contributed by atoms with E-state index >= 15 is 0 Å². The van der Waals surface area contributed by atoms with Gasteiger partial charge >= 0.3 is 0 Å². The van der Waals surface area contributed by atoms with Crippen molar-refractivity contribution in [3.8, 4) is 22.4 Å². The SMILES string of the molecule is CC(C)(O)c1ccn2c(-c3ccc(F)c(-c4cc(Cl)cc(Cl)c4)c3)cnc2c1F. The van der Waals surface area contributed by atoms with Crippen molar-refractivity contribution in [3.63, 3.8) is 0 Å². The zero-order valence-corrected chi connectivity index (χ0v) is 17.1. The van der Waals surface area contributed by atoms with Crippen molar-refractivity contribution >= 4 is 28.8 Å². The van der Waals surface area contributed by atoms with Gasteiger partial charge in [-0.2, -0.15) is 0 Å². The highest BCUT2D eigenvalue weighted by molar-refractivity contribution is 6.35. The van der Waals surface area contributed by atoms with E-state index in [4.69, 9.17) is 23.2 Å². The summed E-state index contributed by atoms with van der Waals surface area (Å²) in [5.74, 6) is -1.04. The van der Waals surface area contributed by atoms with E-state index in [1.807, 2.05) is 0 Å². The van der Waals surface area contributed by atoms with Crippen molar-refractivity contribution < 1.29 is 13.9 Å². The molecule has 0 amide bonds. The highest BCUT2D eigenvalue weighted by Gasteiger charge is 2.24. The highest BCUT2D eigenvalue weighted by Crippen LogP contribution is 2.33. The molecule has 2 heterocycles. The largest absolute Gasteiger partial charge is 0.386 e. The lowest BCUT2D eigenvalue weighted by atomic mass is 9.99. The summed E-state index contributed by atoms with van der Waals surface area (Å²) in [7, 11) is 0. The molecule has 29 heavy (non-hydrogen) atoms. The first-order valence-electron chi connectivity index (χ1n) is 8.80.